The Balaban J connectivity index is 2.01. The first kappa shape index (κ1) is 21.1. The first-order chi connectivity index (χ1) is 14.4. The molecule has 7 nitrogen and oxygen atoms in total. The number of nitrogens with zero attached hydrogens (tertiary/aromatic N) is 4. The van der Waals surface area contributed by atoms with Crippen LogP contribution >= 0.6 is 0 Å². The summed E-state index contributed by atoms with van der Waals surface area (Å²) in [5.41, 5.74) is 2.74. The van der Waals surface area contributed by atoms with Crippen LogP contribution < -0.4 is 4.74 Å². The quantitative estimate of drug-likeness (QED) is 0.605. The molecule has 0 N–H and O–H groups in total. The summed E-state index contributed by atoms with van der Waals surface area (Å²) in [6.45, 7) is 0.512. The zero-order valence-electron chi connectivity index (χ0n) is 17.7. The van der Waals surface area contributed by atoms with E-state index in [2.05, 4.69) is 0 Å². The Kier molecular flexibility index (Phi) is 6.51. The van der Waals surface area contributed by atoms with E-state index in [9.17, 15) is 9.59 Å². The topological polar surface area (TPSA) is 67.7 Å². The third-order valence-corrected chi connectivity index (χ3v) is 4.76. The number of carbonyl (C=O) groups excluding carboxylic acids is 2. The lowest BCUT2D eigenvalue weighted by Gasteiger charge is -2.19. The number of rotatable bonds is 7. The van der Waals surface area contributed by atoms with Crippen molar-refractivity contribution in [3.05, 3.63) is 71.9 Å². The monoisotopic (exact) mass is 406 g/mol. The van der Waals surface area contributed by atoms with Crippen molar-refractivity contribution in [1.82, 2.24) is 19.6 Å². The lowest BCUT2D eigenvalue weighted by molar-refractivity contribution is -0.129. The van der Waals surface area contributed by atoms with Crippen LogP contribution in [0.5, 0.6) is 5.75 Å². The van der Waals surface area contributed by atoms with E-state index in [0.29, 0.717) is 23.6 Å². The Morgan fingerprint density at radius 1 is 1.00 bits per heavy atom. The fraction of sp³-hybridized carbons (Fsp3) is 0.261. The standard InChI is InChI=1S/C23H26N4O3/c1-25(2)21(28)16-26(3)23(29)19-15-27(14-17-10-6-5-7-11-17)24-22(19)18-12-8-9-13-20(18)30-4/h5-13,15H,14,16H2,1-4H3. The maximum Gasteiger partial charge on any atom is 0.257 e. The van der Waals surface area contributed by atoms with Gasteiger partial charge < -0.3 is 14.5 Å². The summed E-state index contributed by atoms with van der Waals surface area (Å²) in [6.07, 6.45) is 1.73. The molecule has 0 spiro atoms. The maximum atomic E-state index is 13.2. The van der Waals surface area contributed by atoms with Crippen LogP contribution in [0.4, 0.5) is 0 Å². The molecule has 0 aliphatic heterocycles. The molecule has 0 atom stereocenters. The summed E-state index contributed by atoms with van der Waals surface area (Å²) in [5.74, 6) is 0.204. The molecule has 1 heterocycles. The highest BCUT2D eigenvalue weighted by atomic mass is 16.5. The second-order valence-electron chi connectivity index (χ2n) is 7.22. The summed E-state index contributed by atoms with van der Waals surface area (Å²) in [7, 11) is 6.53. The summed E-state index contributed by atoms with van der Waals surface area (Å²) < 4.78 is 7.23. The van der Waals surface area contributed by atoms with Crippen molar-refractivity contribution in [1.29, 1.82) is 0 Å². The van der Waals surface area contributed by atoms with E-state index in [1.54, 1.807) is 39.1 Å². The first-order valence-electron chi connectivity index (χ1n) is 9.61. The Morgan fingerprint density at radius 2 is 1.67 bits per heavy atom. The van der Waals surface area contributed by atoms with Gasteiger partial charge in [0.25, 0.3) is 5.91 Å². The van der Waals surface area contributed by atoms with Crippen molar-refractivity contribution in [3.63, 3.8) is 0 Å². The number of aromatic nitrogens is 2. The van der Waals surface area contributed by atoms with Gasteiger partial charge in [-0.3, -0.25) is 14.3 Å². The van der Waals surface area contributed by atoms with Gasteiger partial charge in [-0.25, -0.2) is 0 Å². The number of benzene rings is 2. The molecule has 1 aromatic heterocycles. The van der Waals surface area contributed by atoms with E-state index in [0.717, 1.165) is 11.1 Å². The summed E-state index contributed by atoms with van der Waals surface area (Å²) in [6, 6.07) is 17.3. The lowest BCUT2D eigenvalue weighted by atomic mass is 10.1. The Morgan fingerprint density at radius 3 is 2.33 bits per heavy atom. The normalized spacial score (nSPS) is 10.5. The van der Waals surface area contributed by atoms with E-state index in [1.807, 2.05) is 54.6 Å². The molecular formula is C23H26N4O3. The van der Waals surface area contributed by atoms with Crippen molar-refractivity contribution in [2.24, 2.45) is 0 Å². The Bertz CT molecular complexity index is 1030. The van der Waals surface area contributed by atoms with Crippen LogP contribution in [0.3, 0.4) is 0 Å². The highest BCUT2D eigenvalue weighted by Gasteiger charge is 2.24. The predicted molar refractivity (Wildman–Crippen MR) is 115 cm³/mol. The second-order valence-corrected chi connectivity index (χ2v) is 7.22. The Labute approximate surface area is 176 Å². The molecule has 7 heteroatoms. The highest BCUT2D eigenvalue weighted by molar-refractivity contribution is 6.01. The molecular weight excluding hydrogens is 380 g/mol. The van der Waals surface area contributed by atoms with Crippen molar-refractivity contribution in [2.45, 2.75) is 6.54 Å². The molecule has 30 heavy (non-hydrogen) atoms. The van der Waals surface area contributed by atoms with E-state index >= 15 is 0 Å². The number of methoxy groups -OCH3 is 1. The molecule has 0 saturated heterocycles. The summed E-state index contributed by atoms with van der Waals surface area (Å²) in [4.78, 5) is 28.2. The van der Waals surface area contributed by atoms with Gasteiger partial charge in [0, 0.05) is 32.9 Å². The minimum Gasteiger partial charge on any atom is -0.496 e. The molecule has 156 valence electrons. The van der Waals surface area contributed by atoms with E-state index < -0.39 is 0 Å². The maximum absolute atomic E-state index is 13.2. The first-order valence-corrected chi connectivity index (χ1v) is 9.61. The average molecular weight is 406 g/mol. The summed E-state index contributed by atoms with van der Waals surface area (Å²) >= 11 is 0. The van der Waals surface area contributed by atoms with Gasteiger partial charge in [0.15, 0.2) is 0 Å². The van der Waals surface area contributed by atoms with Crippen LogP contribution in [0.25, 0.3) is 11.3 Å². The predicted octanol–water partition coefficient (Wildman–Crippen LogP) is 2.77. The van der Waals surface area contributed by atoms with Crippen LogP contribution in [0.2, 0.25) is 0 Å². The zero-order chi connectivity index (χ0) is 21.7. The number of likely N-dealkylation sites (N-methyl/N-ethyl adjacent to an activating group) is 2. The average Bonchev–Trinajstić information content (AvgIpc) is 3.17. The number of amides is 2. The molecule has 0 saturated carbocycles. The van der Waals surface area contributed by atoms with Gasteiger partial charge in [0.1, 0.15) is 11.4 Å². The molecule has 3 aromatic rings. The van der Waals surface area contributed by atoms with Gasteiger partial charge in [0.05, 0.1) is 25.8 Å². The zero-order valence-corrected chi connectivity index (χ0v) is 17.7. The van der Waals surface area contributed by atoms with Gasteiger partial charge in [-0.1, -0.05) is 42.5 Å². The van der Waals surface area contributed by atoms with Crippen LogP contribution in [0, 0.1) is 0 Å². The minimum absolute atomic E-state index is 0.0128. The number of ether oxygens (including phenoxy) is 1. The molecule has 2 aromatic carbocycles. The largest absolute Gasteiger partial charge is 0.496 e. The van der Waals surface area contributed by atoms with Gasteiger partial charge in [-0.15, -0.1) is 0 Å². The summed E-state index contributed by atoms with van der Waals surface area (Å²) in [5, 5.41) is 4.70. The third-order valence-electron chi connectivity index (χ3n) is 4.76. The van der Waals surface area contributed by atoms with Gasteiger partial charge in [0.2, 0.25) is 5.91 Å². The van der Waals surface area contributed by atoms with Crippen LogP contribution in [0.15, 0.2) is 60.8 Å². The number of para-hydroxylation sites is 1. The molecule has 0 unspecified atom stereocenters. The Hall–Kier alpha value is -3.61. The van der Waals surface area contributed by atoms with Gasteiger partial charge in [-0.05, 0) is 17.7 Å². The highest BCUT2D eigenvalue weighted by Crippen LogP contribution is 2.31. The molecule has 0 aliphatic carbocycles. The van der Waals surface area contributed by atoms with Gasteiger partial charge >= 0.3 is 0 Å². The number of carbonyl (C=O) groups is 2. The molecule has 3 rings (SSSR count). The second kappa shape index (κ2) is 9.26. The fourth-order valence-electron chi connectivity index (χ4n) is 3.09. The van der Waals surface area contributed by atoms with E-state index in [1.165, 1.54) is 9.80 Å². The van der Waals surface area contributed by atoms with Crippen LogP contribution in [-0.4, -0.2) is 66.2 Å². The molecule has 0 aliphatic rings. The number of hydrogen-bond donors (Lipinski definition) is 0. The lowest BCUT2D eigenvalue weighted by Crippen LogP contribution is -2.37. The van der Waals surface area contributed by atoms with Crippen molar-refractivity contribution in [2.75, 3.05) is 34.8 Å². The number of hydrogen-bond acceptors (Lipinski definition) is 4. The molecule has 2 amide bonds. The third kappa shape index (κ3) is 4.68. The van der Waals surface area contributed by atoms with E-state index in [-0.39, 0.29) is 18.4 Å². The fourth-order valence-corrected chi connectivity index (χ4v) is 3.09. The smallest absolute Gasteiger partial charge is 0.257 e. The van der Waals surface area contributed by atoms with Crippen molar-refractivity contribution >= 4 is 11.8 Å². The molecule has 0 radical (unpaired) electrons. The van der Waals surface area contributed by atoms with Crippen LogP contribution in [0.1, 0.15) is 15.9 Å². The SMILES string of the molecule is COc1ccccc1-c1nn(Cc2ccccc2)cc1C(=O)N(C)CC(=O)N(C)C. The minimum atomic E-state index is -0.273. The van der Waals surface area contributed by atoms with Crippen molar-refractivity contribution < 1.29 is 14.3 Å². The molecule has 0 fully saturated rings. The van der Waals surface area contributed by atoms with Crippen molar-refractivity contribution in [3.8, 4) is 17.0 Å². The molecule has 0 bridgehead atoms. The van der Waals surface area contributed by atoms with Gasteiger partial charge in [-0.2, -0.15) is 5.10 Å². The van der Waals surface area contributed by atoms with Crippen LogP contribution in [-0.2, 0) is 11.3 Å². The van der Waals surface area contributed by atoms with E-state index in [4.69, 9.17) is 9.84 Å².